The zero-order chi connectivity index (χ0) is 19.4. The number of nitrogens with zero attached hydrogens (tertiary/aromatic N) is 2. The van der Waals surface area contributed by atoms with Gasteiger partial charge in [0.15, 0.2) is 0 Å². The molecule has 1 heterocycles. The van der Waals surface area contributed by atoms with E-state index in [4.69, 9.17) is 11.6 Å². The SMILES string of the molecule is CCC(CC)CNc1nc(Nc2ccc(F)c(Cl)c2)nc2c(Br)cccc12. The normalized spacial score (nSPS) is 11.2. The fourth-order valence-corrected chi connectivity index (χ4v) is 3.46. The van der Waals surface area contributed by atoms with Gasteiger partial charge >= 0.3 is 0 Å². The van der Waals surface area contributed by atoms with Gasteiger partial charge < -0.3 is 10.6 Å². The van der Waals surface area contributed by atoms with E-state index in [0.717, 1.165) is 40.6 Å². The summed E-state index contributed by atoms with van der Waals surface area (Å²) < 4.78 is 14.3. The van der Waals surface area contributed by atoms with Crippen LogP contribution >= 0.6 is 27.5 Å². The molecule has 0 amide bonds. The van der Waals surface area contributed by atoms with Crippen molar-refractivity contribution < 1.29 is 4.39 Å². The molecule has 3 rings (SSSR count). The van der Waals surface area contributed by atoms with Crippen molar-refractivity contribution in [2.75, 3.05) is 17.2 Å². The molecule has 142 valence electrons. The van der Waals surface area contributed by atoms with Crippen molar-refractivity contribution in [3.8, 4) is 0 Å². The van der Waals surface area contributed by atoms with Gasteiger partial charge in [-0.1, -0.05) is 44.4 Å². The van der Waals surface area contributed by atoms with Crippen LogP contribution in [-0.2, 0) is 0 Å². The topological polar surface area (TPSA) is 49.8 Å². The third-order valence-corrected chi connectivity index (χ3v) is 5.50. The third-order valence-electron chi connectivity index (χ3n) is 4.57. The minimum absolute atomic E-state index is 0.0500. The number of halogens is 3. The minimum Gasteiger partial charge on any atom is -0.369 e. The molecule has 0 bridgehead atoms. The zero-order valence-electron chi connectivity index (χ0n) is 15.2. The lowest BCUT2D eigenvalue weighted by Crippen LogP contribution is -2.14. The van der Waals surface area contributed by atoms with E-state index in [1.165, 1.54) is 12.1 Å². The maximum Gasteiger partial charge on any atom is 0.229 e. The number of para-hydroxylation sites is 1. The van der Waals surface area contributed by atoms with Crippen LogP contribution in [-0.4, -0.2) is 16.5 Å². The average Bonchev–Trinajstić information content (AvgIpc) is 2.66. The van der Waals surface area contributed by atoms with Crippen LogP contribution in [0.2, 0.25) is 5.02 Å². The molecule has 0 aliphatic heterocycles. The van der Waals surface area contributed by atoms with Gasteiger partial charge in [0.05, 0.1) is 10.5 Å². The predicted octanol–water partition coefficient (Wildman–Crippen LogP) is 6.78. The van der Waals surface area contributed by atoms with Crippen molar-refractivity contribution >= 4 is 55.9 Å². The van der Waals surface area contributed by atoms with Crippen LogP contribution in [0.4, 0.5) is 21.8 Å². The van der Waals surface area contributed by atoms with Gasteiger partial charge in [0.1, 0.15) is 11.6 Å². The highest BCUT2D eigenvalue weighted by molar-refractivity contribution is 9.10. The first-order chi connectivity index (χ1) is 13.0. The molecule has 0 unspecified atom stereocenters. The van der Waals surface area contributed by atoms with Crippen molar-refractivity contribution in [2.24, 2.45) is 5.92 Å². The highest BCUT2D eigenvalue weighted by Crippen LogP contribution is 2.30. The molecule has 0 aliphatic carbocycles. The van der Waals surface area contributed by atoms with Crippen molar-refractivity contribution in [3.05, 3.63) is 51.7 Å². The van der Waals surface area contributed by atoms with Gasteiger partial charge in [0.2, 0.25) is 5.95 Å². The van der Waals surface area contributed by atoms with Crippen molar-refractivity contribution in [2.45, 2.75) is 26.7 Å². The van der Waals surface area contributed by atoms with E-state index >= 15 is 0 Å². The maximum atomic E-state index is 13.4. The Morgan fingerprint density at radius 1 is 1.15 bits per heavy atom. The number of benzene rings is 2. The molecule has 1 aromatic heterocycles. The quantitative estimate of drug-likeness (QED) is 0.416. The largest absolute Gasteiger partial charge is 0.369 e. The van der Waals surface area contributed by atoms with E-state index in [1.807, 2.05) is 18.2 Å². The second-order valence-corrected chi connectivity index (χ2v) is 7.61. The van der Waals surface area contributed by atoms with Crippen molar-refractivity contribution in [3.63, 3.8) is 0 Å². The minimum atomic E-state index is -0.461. The first-order valence-electron chi connectivity index (χ1n) is 8.94. The number of hydrogen-bond acceptors (Lipinski definition) is 4. The molecule has 4 nitrogen and oxygen atoms in total. The van der Waals surface area contributed by atoms with Gasteiger partial charge in [0.25, 0.3) is 0 Å². The van der Waals surface area contributed by atoms with Gasteiger partial charge in [-0.25, -0.2) is 9.37 Å². The Labute approximate surface area is 171 Å². The molecule has 0 aliphatic rings. The molecular formula is C20H21BrClFN4. The third kappa shape index (κ3) is 4.68. The smallest absolute Gasteiger partial charge is 0.229 e. The average molecular weight is 452 g/mol. The lowest BCUT2D eigenvalue weighted by Gasteiger charge is -2.16. The van der Waals surface area contributed by atoms with Gasteiger partial charge in [-0.05, 0) is 52.2 Å². The fourth-order valence-electron chi connectivity index (χ4n) is 2.83. The first kappa shape index (κ1) is 19.8. The molecule has 0 fully saturated rings. The molecular weight excluding hydrogens is 431 g/mol. The van der Waals surface area contributed by atoms with Crippen molar-refractivity contribution in [1.29, 1.82) is 0 Å². The van der Waals surface area contributed by atoms with E-state index < -0.39 is 5.82 Å². The van der Waals surface area contributed by atoms with Crippen LogP contribution in [0.15, 0.2) is 40.9 Å². The lowest BCUT2D eigenvalue weighted by atomic mass is 10.0. The molecule has 3 aromatic rings. The monoisotopic (exact) mass is 450 g/mol. The molecule has 0 saturated heterocycles. The second-order valence-electron chi connectivity index (χ2n) is 6.35. The zero-order valence-corrected chi connectivity index (χ0v) is 17.5. The highest BCUT2D eigenvalue weighted by atomic mass is 79.9. The summed E-state index contributed by atoms with van der Waals surface area (Å²) in [4.78, 5) is 9.24. The fraction of sp³-hybridized carbons (Fsp3) is 0.300. The van der Waals surface area contributed by atoms with Crippen LogP contribution in [0.1, 0.15) is 26.7 Å². The van der Waals surface area contributed by atoms with Crippen LogP contribution in [0.25, 0.3) is 10.9 Å². The summed E-state index contributed by atoms with van der Waals surface area (Å²) in [6.45, 7) is 5.22. The van der Waals surface area contributed by atoms with Crippen LogP contribution in [0.3, 0.4) is 0 Å². The molecule has 0 radical (unpaired) electrons. The Bertz CT molecular complexity index is 947. The standard InChI is InChI=1S/C20H21BrClFN4/c1-3-12(4-2)11-24-19-14-6-5-7-15(21)18(14)26-20(27-19)25-13-8-9-17(23)16(22)10-13/h5-10,12H,3-4,11H2,1-2H3,(H2,24,25,26,27). The molecule has 2 N–H and O–H groups in total. The summed E-state index contributed by atoms with van der Waals surface area (Å²) in [5, 5.41) is 7.57. The maximum absolute atomic E-state index is 13.4. The summed E-state index contributed by atoms with van der Waals surface area (Å²) >= 11 is 9.44. The van der Waals surface area contributed by atoms with Crippen LogP contribution < -0.4 is 10.6 Å². The highest BCUT2D eigenvalue weighted by Gasteiger charge is 2.12. The van der Waals surface area contributed by atoms with Crippen LogP contribution in [0.5, 0.6) is 0 Å². The van der Waals surface area contributed by atoms with E-state index in [9.17, 15) is 4.39 Å². The summed E-state index contributed by atoms with van der Waals surface area (Å²) in [5.41, 5.74) is 1.43. The van der Waals surface area contributed by atoms with Crippen LogP contribution in [0, 0.1) is 11.7 Å². The summed E-state index contributed by atoms with van der Waals surface area (Å²) in [6, 6.07) is 10.3. The number of aromatic nitrogens is 2. The second kappa shape index (κ2) is 8.85. The Morgan fingerprint density at radius 3 is 2.63 bits per heavy atom. The molecule has 27 heavy (non-hydrogen) atoms. The summed E-state index contributed by atoms with van der Waals surface area (Å²) in [5.74, 6) is 1.31. The van der Waals surface area contributed by atoms with Crippen molar-refractivity contribution in [1.82, 2.24) is 9.97 Å². The summed E-state index contributed by atoms with van der Waals surface area (Å²) in [6.07, 6.45) is 2.21. The van der Waals surface area contributed by atoms with E-state index in [0.29, 0.717) is 17.6 Å². The van der Waals surface area contributed by atoms with E-state index in [-0.39, 0.29) is 5.02 Å². The number of hydrogen-bond donors (Lipinski definition) is 2. The van der Waals surface area contributed by atoms with E-state index in [2.05, 4.69) is 50.4 Å². The summed E-state index contributed by atoms with van der Waals surface area (Å²) in [7, 11) is 0. The number of nitrogens with one attached hydrogen (secondary N) is 2. The lowest BCUT2D eigenvalue weighted by molar-refractivity contribution is 0.518. The molecule has 7 heteroatoms. The Morgan fingerprint density at radius 2 is 1.93 bits per heavy atom. The number of rotatable bonds is 7. The Hall–Kier alpha value is -1.92. The van der Waals surface area contributed by atoms with E-state index in [1.54, 1.807) is 6.07 Å². The first-order valence-corrected chi connectivity index (χ1v) is 10.1. The van der Waals surface area contributed by atoms with Gasteiger partial charge in [-0.2, -0.15) is 4.98 Å². The van der Waals surface area contributed by atoms with Gasteiger partial charge in [-0.3, -0.25) is 0 Å². The molecule has 0 atom stereocenters. The molecule has 2 aromatic carbocycles. The number of anilines is 3. The number of fused-ring (bicyclic) bond motifs is 1. The Kier molecular flexibility index (Phi) is 6.50. The Balaban J connectivity index is 1.97. The van der Waals surface area contributed by atoms with Gasteiger partial charge in [0, 0.05) is 22.1 Å². The molecule has 0 saturated carbocycles. The predicted molar refractivity (Wildman–Crippen MR) is 114 cm³/mol. The molecule has 0 spiro atoms. The van der Waals surface area contributed by atoms with Gasteiger partial charge in [-0.15, -0.1) is 0 Å².